The molecule has 2 aliphatic heterocycles. The van der Waals surface area contributed by atoms with Gasteiger partial charge in [0.25, 0.3) is 0 Å². The van der Waals surface area contributed by atoms with Gasteiger partial charge < -0.3 is 29.0 Å². The minimum atomic E-state index is 0.666. The molecule has 204 valence electrons. The number of aromatic nitrogens is 1. The smallest absolute Gasteiger partial charge is 0.163 e. The summed E-state index contributed by atoms with van der Waals surface area (Å²) in [5.41, 5.74) is 2.81. The lowest BCUT2D eigenvalue weighted by Gasteiger charge is -2.36. The summed E-state index contributed by atoms with van der Waals surface area (Å²) in [6, 6.07) is 10.2. The van der Waals surface area contributed by atoms with Crippen LogP contribution >= 0.6 is 0 Å². The minimum absolute atomic E-state index is 0.666. The van der Waals surface area contributed by atoms with Gasteiger partial charge in [-0.15, -0.1) is 0 Å². The number of fused-ring (bicyclic) bond motifs is 3. The van der Waals surface area contributed by atoms with Gasteiger partial charge in [-0.25, -0.2) is 4.98 Å². The molecule has 3 aromatic rings. The minimum Gasteiger partial charge on any atom is -0.493 e. The van der Waals surface area contributed by atoms with Gasteiger partial charge in [-0.05, 0) is 101 Å². The first-order valence-corrected chi connectivity index (χ1v) is 14.4. The average molecular weight is 519 g/mol. The van der Waals surface area contributed by atoms with Crippen molar-refractivity contribution >= 4 is 16.6 Å². The van der Waals surface area contributed by atoms with Crippen LogP contribution in [-0.2, 0) is 0 Å². The van der Waals surface area contributed by atoms with Crippen molar-refractivity contribution in [2.24, 2.45) is 17.8 Å². The molecule has 0 spiro atoms. The lowest BCUT2D eigenvalue weighted by atomic mass is 9.85. The monoisotopic (exact) mass is 518 g/mol. The van der Waals surface area contributed by atoms with E-state index in [4.69, 9.17) is 18.9 Å². The number of hydrogen-bond donors (Lipinski definition) is 1. The molecule has 2 unspecified atom stereocenters. The molecule has 2 atom stereocenters. The summed E-state index contributed by atoms with van der Waals surface area (Å²) in [5, 5.41) is 4.90. The molecule has 0 radical (unpaired) electrons. The number of benzene rings is 1. The molecule has 7 nitrogen and oxygen atoms in total. The molecule has 0 amide bonds. The zero-order chi connectivity index (χ0) is 26.1. The lowest BCUT2D eigenvalue weighted by Crippen LogP contribution is -2.42. The summed E-state index contributed by atoms with van der Waals surface area (Å²) in [7, 11) is 3.98. The molecule has 1 N–H and O–H groups in total. The number of furan rings is 1. The molecule has 3 fully saturated rings. The van der Waals surface area contributed by atoms with Crippen LogP contribution in [0.3, 0.4) is 0 Å². The van der Waals surface area contributed by atoms with E-state index in [-0.39, 0.29) is 0 Å². The largest absolute Gasteiger partial charge is 0.493 e. The third kappa shape index (κ3) is 5.36. The Bertz CT molecular complexity index is 1240. The van der Waals surface area contributed by atoms with Crippen molar-refractivity contribution in [3.8, 4) is 23.0 Å². The molecule has 6 rings (SSSR count). The van der Waals surface area contributed by atoms with Gasteiger partial charge in [0.05, 0.1) is 19.2 Å². The fourth-order valence-electron chi connectivity index (χ4n) is 6.96. The average Bonchev–Trinajstić information content (AvgIpc) is 3.65. The van der Waals surface area contributed by atoms with Crippen LogP contribution in [-0.4, -0.2) is 74.8 Å². The van der Waals surface area contributed by atoms with Crippen LogP contribution in [0.15, 0.2) is 34.7 Å². The summed E-state index contributed by atoms with van der Waals surface area (Å²) in [6.45, 7) is 9.56. The quantitative estimate of drug-likeness (QED) is 0.347. The van der Waals surface area contributed by atoms with Gasteiger partial charge >= 0.3 is 0 Å². The molecule has 3 aliphatic rings. The highest BCUT2D eigenvalue weighted by Crippen LogP contribution is 2.42. The standard InChI is InChI=1S/C31H42N4O3/c1-21-7-10-29(38-21)28-16-26(32-18-25-22-8-9-23(25)20-34(2)19-22)24-15-30(36-3)31(17-27(24)33-28)37-14-6-13-35-11-4-5-12-35/h7,10,15-17,22-23,25H,4-6,8-9,11-14,18-20H2,1-3H3,(H,32,33). The molecule has 1 aliphatic carbocycles. The highest BCUT2D eigenvalue weighted by molar-refractivity contribution is 5.95. The Morgan fingerprint density at radius 2 is 1.84 bits per heavy atom. The van der Waals surface area contributed by atoms with Gasteiger partial charge in [0.2, 0.25) is 0 Å². The topological polar surface area (TPSA) is 63.0 Å². The van der Waals surface area contributed by atoms with Crippen molar-refractivity contribution in [3.63, 3.8) is 0 Å². The summed E-state index contributed by atoms with van der Waals surface area (Å²) in [6.07, 6.45) is 6.34. The Kier molecular flexibility index (Phi) is 7.48. The van der Waals surface area contributed by atoms with Crippen LogP contribution in [0.25, 0.3) is 22.4 Å². The van der Waals surface area contributed by atoms with Gasteiger partial charge in [0, 0.05) is 43.3 Å². The highest BCUT2D eigenvalue weighted by atomic mass is 16.5. The summed E-state index contributed by atoms with van der Waals surface area (Å²) < 4.78 is 18.0. The lowest BCUT2D eigenvalue weighted by molar-refractivity contribution is 0.140. The molecule has 2 aromatic heterocycles. The highest BCUT2D eigenvalue weighted by Gasteiger charge is 2.40. The van der Waals surface area contributed by atoms with E-state index in [2.05, 4.69) is 34.3 Å². The number of pyridine rings is 1. The van der Waals surface area contributed by atoms with Crippen LogP contribution < -0.4 is 14.8 Å². The number of aryl methyl sites for hydroxylation is 1. The number of likely N-dealkylation sites (tertiary alicyclic amines) is 2. The predicted molar refractivity (Wildman–Crippen MR) is 152 cm³/mol. The first-order chi connectivity index (χ1) is 18.6. The summed E-state index contributed by atoms with van der Waals surface area (Å²) in [4.78, 5) is 10.0. The molecule has 1 aromatic carbocycles. The Balaban J connectivity index is 1.26. The molecular formula is C31H42N4O3. The molecule has 7 heteroatoms. The Morgan fingerprint density at radius 3 is 2.55 bits per heavy atom. The van der Waals surface area contributed by atoms with E-state index in [0.717, 1.165) is 76.6 Å². The first-order valence-electron chi connectivity index (χ1n) is 14.4. The molecular weight excluding hydrogens is 476 g/mol. The van der Waals surface area contributed by atoms with E-state index in [9.17, 15) is 0 Å². The Morgan fingerprint density at radius 1 is 1.05 bits per heavy atom. The van der Waals surface area contributed by atoms with Gasteiger partial charge in [0.15, 0.2) is 17.3 Å². The number of hydrogen-bond acceptors (Lipinski definition) is 7. The van der Waals surface area contributed by atoms with E-state index in [1.165, 1.54) is 51.9 Å². The maximum atomic E-state index is 6.25. The number of methoxy groups -OCH3 is 1. The fourth-order valence-corrected chi connectivity index (χ4v) is 6.96. The van der Waals surface area contributed by atoms with Crippen molar-refractivity contribution in [1.82, 2.24) is 14.8 Å². The number of nitrogens with zero attached hydrogens (tertiary/aromatic N) is 3. The van der Waals surface area contributed by atoms with Crippen LogP contribution in [0.5, 0.6) is 11.5 Å². The van der Waals surface area contributed by atoms with Gasteiger partial charge in [-0.3, -0.25) is 0 Å². The molecule has 38 heavy (non-hydrogen) atoms. The van der Waals surface area contributed by atoms with Crippen LogP contribution in [0.2, 0.25) is 0 Å². The maximum Gasteiger partial charge on any atom is 0.163 e. The van der Waals surface area contributed by atoms with Crippen molar-refractivity contribution in [1.29, 1.82) is 0 Å². The zero-order valence-corrected chi connectivity index (χ0v) is 23.2. The second-order valence-electron chi connectivity index (χ2n) is 11.6. The maximum absolute atomic E-state index is 6.25. The van der Waals surface area contributed by atoms with E-state index in [1.807, 2.05) is 25.1 Å². The Hall–Kier alpha value is -2.77. The SMILES string of the molecule is COc1cc2c(NCC3C4CCC3CN(C)C4)cc(-c3ccc(C)o3)nc2cc1OCCCN1CCCC1. The van der Waals surface area contributed by atoms with E-state index in [1.54, 1.807) is 7.11 Å². The van der Waals surface area contributed by atoms with E-state index >= 15 is 0 Å². The van der Waals surface area contributed by atoms with Gasteiger partial charge in [-0.2, -0.15) is 0 Å². The summed E-state index contributed by atoms with van der Waals surface area (Å²) >= 11 is 0. The number of anilines is 1. The van der Waals surface area contributed by atoms with Crippen LogP contribution in [0.1, 0.15) is 37.9 Å². The molecule has 4 heterocycles. The van der Waals surface area contributed by atoms with Crippen molar-refractivity contribution in [2.75, 3.05) is 65.3 Å². The number of nitrogens with one attached hydrogen (secondary N) is 1. The second-order valence-corrected chi connectivity index (χ2v) is 11.6. The Labute approximate surface area is 226 Å². The summed E-state index contributed by atoms with van der Waals surface area (Å²) in [5.74, 6) is 5.45. The van der Waals surface area contributed by atoms with Crippen molar-refractivity contribution in [2.45, 2.75) is 39.0 Å². The molecule has 2 saturated heterocycles. The number of ether oxygens (including phenoxy) is 2. The van der Waals surface area contributed by atoms with Crippen LogP contribution in [0.4, 0.5) is 5.69 Å². The zero-order valence-electron chi connectivity index (χ0n) is 23.2. The third-order valence-corrected chi connectivity index (χ3v) is 8.90. The van der Waals surface area contributed by atoms with Gasteiger partial charge in [-0.1, -0.05) is 0 Å². The van der Waals surface area contributed by atoms with Crippen molar-refractivity contribution < 1.29 is 13.9 Å². The van der Waals surface area contributed by atoms with Crippen LogP contribution in [0, 0.1) is 24.7 Å². The van der Waals surface area contributed by atoms with E-state index < -0.39 is 0 Å². The predicted octanol–water partition coefficient (Wildman–Crippen LogP) is 5.68. The number of rotatable bonds is 10. The number of piperidine rings is 1. The molecule has 2 bridgehead atoms. The first kappa shape index (κ1) is 25.5. The normalized spacial score (nSPS) is 23.8. The fraction of sp³-hybridized carbons (Fsp3) is 0.581. The second kappa shape index (κ2) is 11.1. The van der Waals surface area contributed by atoms with E-state index in [0.29, 0.717) is 12.5 Å². The molecule has 1 saturated carbocycles. The third-order valence-electron chi connectivity index (χ3n) is 8.90. The van der Waals surface area contributed by atoms with Crippen molar-refractivity contribution in [3.05, 3.63) is 36.1 Å². The van der Waals surface area contributed by atoms with Gasteiger partial charge in [0.1, 0.15) is 11.5 Å².